The van der Waals surface area contributed by atoms with Gasteiger partial charge >= 0.3 is 0 Å². The number of aromatic nitrogens is 2. The van der Waals surface area contributed by atoms with Gasteiger partial charge in [-0.05, 0) is 12.5 Å². The number of rotatable bonds is 3. The van der Waals surface area contributed by atoms with E-state index in [2.05, 4.69) is 20.5 Å². The van der Waals surface area contributed by atoms with Gasteiger partial charge in [-0.1, -0.05) is 41.9 Å². The van der Waals surface area contributed by atoms with Gasteiger partial charge in [0.15, 0.2) is 0 Å². The molecule has 0 aliphatic carbocycles. The Hall–Kier alpha value is -2.14. The third-order valence-corrected chi connectivity index (χ3v) is 2.42. The fourth-order valence-electron chi connectivity index (χ4n) is 1.36. The van der Waals surface area contributed by atoms with Crippen LogP contribution in [-0.4, -0.2) is 15.7 Å². The minimum absolute atomic E-state index is 0.273. The molecule has 1 aromatic heterocycles. The van der Waals surface area contributed by atoms with E-state index in [1.165, 1.54) is 6.07 Å². The van der Waals surface area contributed by atoms with Gasteiger partial charge in [-0.2, -0.15) is 15.1 Å². The van der Waals surface area contributed by atoms with Crippen molar-refractivity contribution >= 4 is 29.1 Å². The average molecular weight is 262 g/mol. The van der Waals surface area contributed by atoms with Crippen LogP contribution < -0.4 is 11.2 Å². The van der Waals surface area contributed by atoms with E-state index in [4.69, 9.17) is 17.3 Å². The van der Waals surface area contributed by atoms with Crippen molar-refractivity contribution < 1.29 is 0 Å². The third-order valence-electron chi connectivity index (χ3n) is 2.23. The van der Waals surface area contributed by atoms with E-state index in [0.29, 0.717) is 5.82 Å². The van der Waals surface area contributed by atoms with Crippen LogP contribution in [0.1, 0.15) is 12.5 Å². The highest BCUT2D eigenvalue weighted by atomic mass is 35.5. The Balaban J connectivity index is 2.15. The lowest BCUT2D eigenvalue weighted by Crippen LogP contribution is -2.03. The molecule has 0 aliphatic heterocycles. The summed E-state index contributed by atoms with van der Waals surface area (Å²) in [5, 5.41) is 4.45. The molecule has 0 spiro atoms. The van der Waals surface area contributed by atoms with E-state index >= 15 is 0 Å². The Labute approximate surface area is 110 Å². The maximum absolute atomic E-state index is 5.76. The van der Waals surface area contributed by atoms with Crippen LogP contribution in [-0.2, 0) is 0 Å². The predicted molar refractivity (Wildman–Crippen MR) is 73.7 cm³/mol. The molecule has 5 nitrogen and oxygen atoms in total. The number of hydrogen-bond acceptors (Lipinski definition) is 5. The van der Waals surface area contributed by atoms with Gasteiger partial charge in [0.25, 0.3) is 0 Å². The van der Waals surface area contributed by atoms with Gasteiger partial charge in [0, 0.05) is 6.07 Å². The number of halogens is 1. The van der Waals surface area contributed by atoms with E-state index < -0.39 is 0 Å². The molecule has 2 rings (SSSR count). The lowest BCUT2D eigenvalue weighted by molar-refractivity contribution is 1.12. The molecule has 2 aromatic rings. The first-order chi connectivity index (χ1) is 8.65. The number of nitrogens with two attached hydrogens (primary N) is 1. The summed E-state index contributed by atoms with van der Waals surface area (Å²) >= 11 is 5.76. The Morgan fingerprint density at radius 2 is 2.00 bits per heavy atom. The molecule has 1 heterocycles. The summed E-state index contributed by atoms with van der Waals surface area (Å²) in [4.78, 5) is 7.92. The summed E-state index contributed by atoms with van der Waals surface area (Å²) in [5.74, 6) is 0.570. The Morgan fingerprint density at radius 3 is 2.67 bits per heavy atom. The van der Waals surface area contributed by atoms with Crippen LogP contribution in [0.5, 0.6) is 0 Å². The number of benzene rings is 1. The van der Waals surface area contributed by atoms with Crippen LogP contribution in [0.3, 0.4) is 0 Å². The zero-order valence-corrected chi connectivity index (χ0v) is 10.5. The molecule has 0 bridgehead atoms. The quantitative estimate of drug-likeness (QED) is 0.506. The van der Waals surface area contributed by atoms with Crippen LogP contribution in [0.15, 0.2) is 41.5 Å². The molecule has 1 aromatic carbocycles. The second kappa shape index (κ2) is 5.46. The molecule has 0 saturated carbocycles. The smallest absolute Gasteiger partial charge is 0.246 e. The molecular formula is C12H12ClN5. The van der Waals surface area contributed by atoms with E-state index in [9.17, 15) is 0 Å². The molecule has 0 saturated heterocycles. The van der Waals surface area contributed by atoms with Gasteiger partial charge in [0.05, 0.1) is 5.71 Å². The second-order valence-electron chi connectivity index (χ2n) is 3.61. The number of hydrazone groups is 1. The SMILES string of the molecule is C/C(=N\Nc1nc(N)cc(Cl)n1)c1ccccc1. The van der Waals surface area contributed by atoms with E-state index in [1.807, 2.05) is 37.3 Å². The molecular weight excluding hydrogens is 250 g/mol. The lowest BCUT2D eigenvalue weighted by Gasteiger charge is -2.03. The summed E-state index contributed by atoms with van der Waals surface area (Å²) in [7, 11) is 0. The number of nitrogens with zero attached hydrogens (tertiary/aromatic N) is 3. The molecule has 0 fully saturated rings. The first-order valence-electron chi connectivity index (χ1n) is 5.31. The maximum Gasteiger partial charge on any atom is 0.246 e. The normalized spacial score (nSPS) is 11.3. The van der Waals surface area contributed by atoms with Gasteiger partial charge in [0.2, 0.25) is 5.95 Å². The van der Waals surface area contributed by atoms with E-state index in [-0.39, 0.29) is 11.1 Å². The summed E-state index contributed by atoms with van der Waals surface area (Å²) in [6.45, 7) is 1.89. The highest BCUT2D eigenvalue weighted by Gasteiger charge is 2.00. The van der Waals surface area contributed by atoms with Crippen LogP contribution in [0, 0.1) is 0 Å². The lowest BCUT2D eigenvalue weighted by atomic mass is 10.1. The zero-order chi connectivity index (χ0) is 13.0. The largest absolute Gasteiger partial charge is 0.383 e. The molecule has 0 aliphatic rings. The Bertz CT molecular complexity index is 548. The number of anilines is 2. The summed E-state index contributed by atoms with van der Waals surface area (Å²) in [6.07, 6.45) is 0. The zero-order valence-electron chi connectivity index (χ0n) is 9.76. The number of nitrogen functional groups attached to an aromatic ring is 1. The summed E-state index contributed by atoms with van der Waals surface area (Å²) in [6, 6.07) is 11.2. The first kappa shape index (κ1) is 12.3. The van der Waals surface area contributed by atoms with Crippen molar-refractivity contribution in [2.75, 3.05) is 11.2 Å². The monoisotopic (exact) mass is 261 g/mol. The van der Waals surface area contributed by atoms with Crippen LogP contribution in [0.4, 0.5) is 11.8 Å². The van der Waals surface area contributed by atoms with Gasteiger partial charge in [-0.25, -0.2) is 5.43 Å². The third kappa shape index (κ3) is 3.18. The highest BCUT2D eigenvalue weighted by Crippen LogP contribution is 2.11. The molecule has 6 heteroatoms. The van der Waals surface area contributed by atoms with Crippen molar-refractivity contribution in [3.63, 3.8) is 0 Å². The molecule has 0 radical (unpaired) electrons. The Morgan fingerprint density at radius 1 is 1.28 bits per heavy atom. The standard InChI is InChI=1S/C12H12ClN5/c1-8(9-5-3-2-4-6-9)17-18-12-15-10(13)7-11(14)16-12/h2-7H,1H3,(H3,14,15,16,18)/b17-8+. The minimum Gasteiger partial charge on any atom is -0.383 e. The fraction of sp³-hybridized carbons (Fsp3) is 0.0833. The topological polar surface area (TPSA) is 76.2 Å². The van der Waals surface area contributed by atoms with E-state index in [1.54, 1.807) is 0 Å². The predicted octanol–water partition coefficient (Wildman–Crippen LogP) is 2.55. The first-order valence-corrected chi connectivity index (χ1v) is 5.69. The van der Waals surface area contributed by atoms with Gasteiger partial charge in [-0.15, -0.1) is 0 Å². The van der Waals surface area contributed by atoms with Crippen molar-refractivity contribution in [2.45, 2.75) is 6.92 Å². The molecule has 92 valence electrons. The highest BCUT2D eigenvalue weighted by molar-refractivity contribution is 6.29. The van der Waals surface area contributed by atoms with Crippen molar-refractivity contribution in [1.29, 1.82) is 0 Å². The van der Waals surface area contributed by atoms with Crippen molar-refractivity contribution in [3.05, 3.63) is 47.1 Å². The second-order valence-corrected chi connectivity index (χ2v) is 4.00. The molecule has 0 atom stereocenters. The Kier molecular flexibility index (Phi) is 3.74. The van der Waals surface area contributed by atoms with Crippen molar-refractivity contribution in [1.82, 2.24) is 9.97 Å². The fourth-order valence-corrected chi connectivity index (χ4v) is 1.55. The molecule has 3 N–H and O–H groups in total. The van der Waals surface area contributed by atoms with Crippen LogP contribution in [0.2, 0.25) is 5.15 Å². The van der Waals surface area contributed by atoms with Crippen molar-refractivity contribution in [3.8, 4) is 0 Å². The van der Waals surface area contributed by atoms with Crippen LogP contribution >= 0.6 is 11.6 Å². The summed E-state index contributed by atoms with van der Waals surface area (Å²) in [5.41, 5.74) is 10.1. The molecule has 0 unspecified atom stereocenters. The number of nitrogens with one attached hydrogen (secondary N) is 1. The molecule has 0 amide bonds. The van der Waals surface area contributed by atoms with Gasteiger partial charge in [-0.3, -0.25) is 0 Å². The number of hydrogen-bond donors (Lipinski definition) is 2. The maximum atomic E-state index is 5.76. The van der Waals surface area contributed by atoms with Gasteiger partial charge in [0.1, 0.15) is 11.0 Å². The van der Waals surface area contributed by atoms with Gasteiger partial charge < -0.3 is 5.73 Å². The van der Waals surface area contributed by atoms with Crippen LogP contribution in [0.25, 0.3) is 0 Å². The average Bonchev–Trinajstić information content (AvgIpc) is 2.36. The van der Waals surface area contributed by atoms with Crippen molar-refractivity contribution in [2.24, 2.45) is 5.10 Å². The minimum atomic E-state index is 0.273. The van der Waals surface area contributed by atoms with E-state index in [0.717, 1.165) is 11.3 Å². The molecule has 18 heavy (non-hydrogen) atoms. The summed E-state index contributed by atoms with van der Waals surface area (Å²) < 4.78 is 0.